The maximum absolute atomic E-state index is 4.58. The van der Waals surface area contributed by atoms with E-state index in [1.165, 1.54) is 7.11 Å². The maximum atomic E-state index is 4.58. The Morgan fingerprint density at radius 2 is 2.00 bits per heavy atom. The summed E-state index contributed by atoms with van der Waals surface area (Å²) in [5, 5.41) is 3.70. The van der Waals surface area contributed by atoms with Gasteiger partial charge in [-0.05, 0) is 12.5 Å². The van der Waals surface area contributed by atoms with Crippen LogP contribution in [0.25, 0.3) is 0 Å². The third kappa shape index (κ3) is 2.08. The summed E-state index contributed by atoms with van der Waals surface area (Å²) in [6, 6.07) is 9.69. The number of rotatable bonds is 2. The number of hydrogen-bond donors (Lipinski definition) is 0. The van der Waals surface area contributed by atoms with E-state index in [0.717, 1.165) is 5.56 Å². The average molecular weight is 148 g/mol. The van der Waals surface area contributed by atoms with Gasteiger partial charge in [0.15, 0.2) is 0 Å². The Labute approximate surface area is 66.5 Å². The summed E-state index contributed by atoms with van der Waals surface area (Å²) in [5.41, 5.74) is 1.63. The molecule has 0 fully saturated rings. The van der Waals surface area contributed by atoms with Crippen molar-refractivity contribution in [2.45, 2.75) is 0 Å². The molecule has 1 aromatic rings. The Balaban J connectivity index is 2.85. The van der Waals surface area contributed by atoms with Gasteiger partial charge in [-0.25, -0.2) is 0 Å². The van der Waals surface area contributed by atoms with E-state index in [9.17, 15) is 0 Å². The van der Waals surface area contributed by atoms with Crippen molar-refractivity contribution in [1.82, 2.24) is 0 Å². The molecular formula is C9H10NO. The molecule has 57 valence electrons. The lowest BCUT2D eigenvalue weighted by Crippen LogP contribution is -1.94. The molecule has 1 aromatic carbocycles. The summed E-state index contributed by atoms with van der Waals surface area (Å²) < 4.78 is 0. The predicted octanol–water partition coefficient (Wildman–Crippen LogP) is 1.87. The van der Waals surface area contributed by atoms with Crippen molar-refractivity contribution in [2.24, 2.45) is 5.16 Å². The minimum atomic E-state index is 0.646. The first kappa shape index (κ1) is 7.79. The lowest BCUT2D eigenvalue weighted by molar-refractivity contribution is 0.214. The molecule has 0 N–H and O–H groups in total. The molecule has 2 nitrogen and oxygen atoms in total. The quantitative estimate of drug-likeness (QED) is 0.463. The first-order valence-electron chi connectivity index (χ1n) is 3.33. The van der Waals surface area contributed by atoms with E-state index in [4.69, 9.17) is 0 Å². The van der Waals surface area contributed by atoms with Crippen molar-refractivity contribution in [3.05, 3.63) is 42.8 Å². The van der Waals surface area contributed by atoms with Gasteiger partial charge in [0.05, 0.1) is 5.71 Å². The third-order valence-corrected chi connectivity index (χ3v) is 1.31. The molecule has 1 radical (unpaired) electrons. The first-order chi connectivity index (χ1) is 5.34. The van der Waals surface area contributed by atoms with Crippen LogP contribution < -0.4 is 0 Å². The van der Waals surface area contributed by atoms with Gasteiger partial charge in [-0.3, -0.25) is 0 Å². The Kier molecular flexibility index (Phi) is 2.66. The molecule has 0 aliphatic heterocycles. The molecule has 11 heavy (non-hydrogen) atoms. The average Bonchev–Trinajstić information content (AvgIpc) is 2.07. The van der Waals surface area contributed by atoms with E-state index in [1.54, 1.807) is 0 Å². The predicted molar refractivity (Wildman–Crippen MR) is 45.3 cm³/mol. The van der Waals surface area contributed by atoms with E-state index in [0.29, 0.717) is 5.71 Å². The van der Waals surface area contributed by atoms with Gasteiger partial charge in [-0.2, -0.15) is 0 Å². The maximum Gasteiger partial charge on any atom is 0.106 e. The zero-order valence-electron chi connectivity index (χ0n) is 6.45. The van der Waals surface area contributed by atoms with Crippen molar-refractivity contribution >= 4 is 5.71 Å². The van der Waals surface area contributed by atoms with Crippen LogP contribution in [-0.4, -0.2) is 12.8 Å². The molecule has 0 amide bonds. The minimum absolute atomic E-state index is 0.646. The molecule has 0 heterocycles. The van der Waals surface area contributed by atoms with Gasteiger partial charge < -0.3 is 4.84 Å². The second-order valence-corrected chi connectivity index (χ2v) is 2.09. The zero-order valence-corrected chi connectivity index (χ0v) is 6.45. The summed E-state index contributed by atoms with van der Waals surface area (Å²) in [6.07, 6.45) is 0. The molecule has 0 saturated heterocycles. The molecule has 0 atom stereocenters. The summed E-state index contributed by atoms with van der Waals surface area (Å²) in [6.45, 7) is 3.72. The van der Waals surface area contributed by atoms with Crippen LogP contribution in [-0.2, 0) is 4.84 Å². The zero-order chi connectivity index (χ0) is 8.10. The van der Waals surface area contributed by atoms with Crippen LogP contribution in [0.3, 0.4) is 0 Å². The van der Waals surface area contributed by atoms with Gasteiger partial charge in [0, 0.05) is 0 Å². The van der Waals surface area contributed by atoms with Gasteiger partial charge >= 0.3 is 0 Å². The van der Waals surface area contributed by atoms with E-state index < -0.39 is 0 Å². The topological polar surface area (TPSA) is 21.6 Å². The molecule has 2 heteroatoms. The van der Waals surface area contributed by atoms with Crippen molar-refractivity contribution < 1.29 is 4.84 Å². The van der Waals surface area contributed by atoms with E-state index >= 15 is 0 Å². The van der Waals surface area contributed by atoms with Crippen LogP contribution in [0.4, 0.5) is 0 Å². The Morgan fingerprint density at radius 1 is 1.36 bits per heavy atom. The molecule has 1 rings (SSSR count). The lowest BCUT2D eigenvalue weighted by atomic mass is 10.1. The van der Waals surface area contributed by atoms with Gasteiger partial charge in [0.25, 0.3) is 0 Å². The van der Waals surface area contributed by atoms with E-state index in [1.807, 2.05) is 30.3 Å². The molecule has 0 saturated carbocycles. The van der Waals surface area contributed by atoms with Crippen LogP contribution in [0.5, 0.6) is 0 Å². The minimum Gasteiger partial charge on any atom is -0.399 e. The summed E-state index contributed by atoms with van der Waals surface area (Å²) in [7, 11) is 1.51. The van der Waals surface area contributed by atoms with Crippen molar-refractivity contribution in [3.63, 3.8) is 0 Å². The van der Waals surface area contributed by atoms with E-state index in [2.05, 4.69) is 16.9 Å². The third-order valence-electron chi connectivity index (χ3n) is 1.31. The number of hydrogen-bond acceptors (Lipinski definition) is 2. The Morgan fingerprint density at radius 3 is 2.55 bits per heavy atom. The smallest absolute Gasteiger partial charge is 0.106 e. The SMILES string of the molecule is [CH2]C(=NOC)c1ccccc1. The molecule has 0 aromatic heterocycles. The van der Waals surface area contributed by atoms with Crippen LogP contribution in [0, 0.1) is 6.92 Å². The highest BCUT2D eigenvalue weighted by Crippen LogP contribution is 1.99. The van der Waals surface area contributed by atoms with Gasteiger partial charge in [0.1, 0.15) is 7.11 Å². The van der Waals surface area contributed by atoms with Gasteiger partial charge in [-0.15, -0.1) is 0 Å². The fourth-order valence-electron chi connectivity index (χ4n) is 0.793. The molecule has 0 aliphatic rings. The standard InChI is InChI=1S/C9H10NO/c1-8(10-11-2)9-6-4-3-5-7-9/h3-7H,1H2,2H3. The molecule has 0 bridgehead atoms. The molecule has 0 unspecified atom stereocenters. The van der Waals surface area contributed by atoms with Gasteiger partial charge in [-0.1, -0.05) is 35.5 Å². The number of benzene rings is 1. The largest absolute Gasteiger partial charge is 0.399 e. The summed E-state index contributed by atoms with van der Waals surface area (Å²) in [5.74, 6) is 0. The second kappa shape index (κ2) is 3.76. The van der Waals surface area contributed by atoms with Crippen molar-refractivity contribution in [3.8, 4) is 0 Å². The van der Waals surface area contributed by atoms with Crippen LogP contribution in [0.2, 0.25) is 0 Å². The summed E-state index contributed by atoms with van der Waals surface area (Å²) >= 11 is 0. The van der Waals surface area contributed by atoms with Crippen molar-refractivity contribution in [2.75, 3.05) is 7.11 Å². The number of oxime groups is 1. The summed E-state index contributed by atoms with van der Waals surface area (Å²) in [4.78, 5) is 4.58. The highest BCUT2D eigenvalue weighted by atomic mass is 16.6. The van der Waals surface area contributed by atoms with Crippen LogP contribution in [0.1, 0.15) is 5.56 Å². The first-order valence-corrected chi connectivity index (χ1v) is 3.33. The van der Waals surface area contributed by atoms with Crippen molar-refractivity contribution in [1.29, 1.82) is 0 Å². The fourth-order valence-corrected chi connectivity index (χ4v) is 0.793. The lowest BCUT2D eigenvalue weighted by Gasteiger charge is -1.96. The molecule has 0 spiro atoms. The van der Waals surface area contributed by atoms with Gasteiger partial charge in [0.2, 0.25) is 0 Å². The molecular weight excluding hydrogens is 138 g/mol. The highest BCUT2D eigenvalue weighted by Gasteiger charge is 1.93. The molecule has 0 aliphatic carbocycles. The Bertz CT molecular complexity index is 241. The number of nitrogens with zero attached hydrogens (tertiary/aromatic N) is 1. The van der Waals surface area contributed by atoms with Crippen LogP contribution >= 0.6 is 0 Å². The van der Waals surface area contributed by atoms with E-state index in [-0.39, 0.29) is 0 Å². The normalized spacial score (nSPS) is 11.3. The fraction of sp³-hybridized carbons (Fsp3) is 0.111. The van der Waals surface area contributed by atoms with Crippen LogP contribution in [0.15, 0.2) is 35.5 Å². The monoisotopic (exact) mass is 148 g/mol. The Hall–Kier alpha value is -1.31. The second-order valence-electron chi connectivity index (χ2n) is 2.09. The highest BCUT2D eigenvalue weighted by molar-refractivity contribution is 6.03.